The SMILES string of the molecule is COc1ccc(C(=O)N(C)C2CCN(Cc3ncc(C)c(OC)c3C)CC2)nc1. The number of likely N-dealkylation sites (tertiary alicyclic amines) is 1. The Morgan fingerprint density at radius 2 is 1.86 bits per heavy atom. The summed E-state index contributed by atoms with van der Waals surface area (Å²) in [7, 11) is 5.16. The van der Waals surface area contributed by atoms with Crippen LogP contribution < -0.4 is 9.47 Å². The van der Waals surface area contributed by atoms with E-state index in [4.69, 9.17) is 9.47 Å². The van der Waals surface area contributed by atoms with E-state index >= 15 is 0 Å². The van der Waals surface area contributed by atoms with E-state index in [0.29, 0.717) is 11.4 Å². The van der Waals surface area contributed by atoms with Gasteiger partial charge in [0.2, 0.25) is 0 Å². The van der Waals surface area contributed by atoms with Gasteiger partial charge in [0, 0.05) is 50.0 Å². The van der Waals surface area contributed by atoms with Gasteiger partial charge in [-0.05, 0) is 38.8 Å². The van der Waals surface area contributed by atoms with E-state index in [9.17, 15) is 4.79 Å². The molecular weight excluding hydrogens is 368 g/mol. The van der Waals surface area contributed by atoms with E-state index < -0.39 is 0 Å². The minimum absolute atomic E-state index is 0.0492. The highest BCUT2D eigenvalue weighted by molar-refractivity contribution is 5.92. The quantitative estimate of drug-likeness (QED) is 0.745. The van der Waals surface area contributed by atoms with Gasteiger partial charge in [-0.1, -0.05) is 0 Å². The van der Waals surface area contributed by atoms with Crippen LogP contribution in [0.5, 0.6) is 11.5 Å². The van der Waals surface area contributed by atoms with Gasteiger partial charge in [0.25, 0.3) is 5.91 Å². The molecule has 1 saturated heterocycles. The first kappa shape index (κ1) is 21.0. The molecule has 0 atom stereocenters. The average Bonchev–Trinajstić information content (AvgIpc) is 2.75. The first-order chi connectivity index (χ1) is 13.9. The molecule has 29 heavy (non-hydrogen) atoms. The number of aryl methyl sites for hydroxylation is 1. The molecule has 1 aliphatic heterocycles. The summed E-state index contributed by atoms with van der Waals surface area (Å²) in [5, 5.41) is 0. The summed E-state index contributed by atoms with van der Waals surface area (Å²) in [5.41, 5.74) is 3.66. The number of amides is 1. The number of rotatable bonds is 6. The summed E-state index contributed by atoms with van der Waals surface area (Å²) >= 11 is 0. The average molecular weight is 399 g/mol. The van der Waals surface area contributed by atoms with Crippen molar-refractivity contribution in [1.29, 1.82) is 0 Å². The molecule has 1 amide bonds. The predicted octanol–water partition coefficient (Wildman–Crippen LogP) is 2.85. The number of hydrogen-bond donors (Lipinski definition) is 0. The zero-order valence-electron chi connectivity index (χ0n) is 17.9. The van der Waals surface area contributed by atoms with E-state index in [1.54, 1.807) is 32.5 Å². The lowest BCUT2D eigenvalue weighted by Gasteiger charge is -2.36. The molecule has 2 aromatic rings. The van der Waals surface area contributed by atoms with Gasteiger partial charge in [-0.15, -0.1) is 0 Å². The largest absolute Gasteiger partial charge is 0.496 e. The third-order valence-corrected chi connectivity index (χ3v) is 5.74. The Morgan fingerprint density at radius 1 is 1.14 bits per heavy atom. The maximum Gasteiger partial charge on any atom is 0.272 e. The molecule has 0 radical (unpaired) electrons. The minimum Gasteiger partial charge on any atom is -0.496 e. The van der Waals surface area contributed by atoms with Crippen LogP contribution in [0, 0.1) is 13.8 Å². The number of hydrogen-bond acceptors (Lipinski definition) is 6. The van der Waals surface area contributed by atoms with E-state index in [1.807, 2.05) is 25.1 Å². The molecule has 7 heteroatoms. The molecule has 0 unspecified atom stereocenters. The van der Waals surface area contributed by atoms with Crippen LogP contribution in [0.25, 0.3) is 0 Å². The number of aromatic nitrogens is 2. The highest BCUT2D eigenvalue weighted by Crippen LogP contribution is 2.26. The van der Waals surface area contributed by atoms with E-state index in [-0.39, 0.29) is 11.9 Å². The predicted molar refractivity (Wildman–Crippen MR) is 111 cm³/mol. The van der Waals surface area contributed by atoms with E-state index in [1.165, 1.54) is 0 Å². The fourth-order valence-electron chi connectivity index (χ4n) is 3.88. The number of pyridine rings is 2. The van der Waals surface area contributed by atoms with Crippen LogP contribution in [-0.2, 0) is 6.54 Å². The third-order valence-electron chi connectivity index (χ3n) is 5.74. The maximum atomic E-state index is 12.7. The maximum absolute atomic E-state index is 12.7. The summed E-state index contributed by atoms with van der Waals surface area (Å²) in [6, 6.07) is 3.69. The molecule has 7 nitrogen and oxygen atoms in total. The molecule has 2 aromatic heterocycles. The molecule has 0 aromatic carbocycles. The van der Waals surface area contributed by atoms with Crippen LogP contribution in [0.15, 0.2) is 24.5 Å². The zero-order chi connectivity index (χ0) is 21.0. The lowest BCUT2D eigenvalue weighted by atomic mass is 10.0. The molecule has 1 aliphatic rings. The molecular formula is C22H30N4O3. The molecule has 0 saturated carbocycles. The van der Waals surface area contributed by atoms with Gasteiger partial charge >= 0.3 is 0 Å². The zero-order valence-corrected chi connectivity index (χ0v) is 17.9. The second-order valence-electron chi connectivity index (χ2n) is 7.55. The molecule has 0 bridgehead atoms. The van der Waals surface area contributed by atoms with Crippen LogP contribution in [0.3, 0.4) is 0 Å². The summed E-state index contributed by atoms with van der Waals surface area (Å²) in [6.07, 6.45) is 5.32. The van der Waals surface area contributed by atoms with Gasteiger partial charge < -0.3 is 14.4 Å². The van der Waals surface area contributed by atoms with E-state index in [0.717, 1.165) is 55.0 Å². The Labute approximate surface area is 172 Å². The van der Waals surface area contributed by atoms with Gasteiger partial charge in [-0.2, -0.15) is 0 Å². The van der Waals surface area contributed by atoms with Crippen molar-refractivity contribution in [2.75, 3.05) is 34.4 Å². The van der Waals surface area contributed by atoms with Crippen molar-refractivity contribution in [3.63, 3.8) is 0 Å². The van der Waals surface area contributed by atoms with Gasteiger partial charge in [-0.3, -0.25) is 14.7 Å². The fourth-order valence-corrected chi connectivity index (χ4v) is 3.88. The normalized spacial score (nSPS) is 15.2. The van der Waals surface area contributed by atoms with Crippen molar-refractivity contribution < 1.29 is 14.3 Å². The van der Waals surface area contributed by atoms with Crippen LogP contribution in [-0.4, -0.2) is 66.1 Å². The van der Waals surface area contributed by atoms with Gasteiger partial charge in [0.1, 0.15) is 17.2 Å². The third kappa shape index (κ3) is 4.67. The number of carbonyl (C=O) groups excluding carboxylic acids is 1. The summed E-state index contributed by atoms with van der Waals surface area (Å²) in [4.78, 5) is 25.8. The number of methoxy groups -OCH3 is 2. The molecule has 156 valence electrons. The van der Waals surface area contributed by atoms with Crippen molar-refractivity contribution >= 4 is 5.91 Å². The van der Waals surface area contributed by atoms with Crippen molar-refractivity contribution in [3.05, 3.63) is 47.0 Å². The van der Waals surface area contributed by atoms with Crippen molar-refractivity contribution in [2.24, 2.45) is 0 Å². The van der Waals surface area contributed by atoms with Gasteiger partial charge in [0.15, 0.2) is 0 Å². The van der Waals surface area contributed by atoms with Crippen LogP contribution in [0.4, 0.5) is 0 Å². The lowest BCUT2D eigenvalue weighted by molar-refractivity contribution is 0.0629. The first-order valence-electron chi connectivity index (χ1n) is 9.93. The molecule has 0 N–H and O–H groups in total. The fraction of sp³-hybridized carbons (Fsp3) is 0.500. The van der Waals surface area contributed by atoms with Gasteiger partial charge in [0.05, 0.1) is 26.1 Å². The van der Waals surface area contributed by atoms with Crippen LogP contribution >= 0.6 is 0 Å². The minimum atomic E-state index is -0.0492. The number of carbonyl (C=O) groups is 1. The smallest absolute Gasteiger partial charge is 0.272 e. The van der Waals surface area contributed by atoms with E-state index in [2.05, 4.69) is 21.8 Å². The van der Waals surface area contributed by atoms with Gasteiger partial charge in [-0.25, -0.2) is 4.98 Å². The van der Waals surface area contributed by atoms with Crippen molar-refractivity contribution in [3.8, 4) is 11.5 Å². The Kier molecular flexibility index (Phi) is 6.69. The Bertz CT molecular complexity index is 846. The monoisotopic (exact) mass is 398 g/mol. The number of ether oxygens (including phenoxy) is 2. The Morgan fingerprint density at radius 3 is 2.45 bits per heavy atom. The summed E-state index contributed by atoms with van der Waals surface area (Å²) in [6.45, 7) is 6.73. The van der Waals surface area contributed by atoms with Crippen molar-refractivity contribution in [1.82, 2.24) is 19.8 Å². The summed E-state index contributed by atoms with van der Waals surface area (Å²) < 4.78 is 10.6. The van der Waals surface area contributed by atoms with Crippen molar-refractivity contribution in [2.45, 2.75) is 39.3 Å². The first-order valence-corrected chi connectivity index (χ1v) is 9.93. The topological polar surface area (TPSA) is 67.8 Å². The number of piperidine rings is 1. The molecule has 3 rings (SSSR count). The van der Waals surface area contributed by atoms with Crippen LogP contribution in [0.1, 0.15) is 40.2 Å². The second-order valence-corrected chi connectivity index (χ2v) is 7.55. The van der Waals surface area contributed by atoms with Crippen LogP contribution in [0.2, 0.25) is 0 Å². The standard InChI is InChI=1S/C22H30N4O3/c1-15-12-23-20(16(2)21(15)29-5)14-26-10-8-17(9-11-26)25(3)22(27)19-7-6-18(28-4)13-24-19/h6-7,12-13,17H,8-11,14H2,1-5H3. The molecule has 3 heterocycles. The highest BCUT2D eigenvalue weighted by atomic mass is 16.5. The second kappa shape index (κ2) is 9.22. The lowest BCUT2D eigenvalue weighted by Crippen LogP contribution is -2.45. The number of nitrogens with zero attached hydrogens (tertiary/aromatic N) is 4. The molecule has 0 spiro atoms. The highest BCUT2D eigenvalue weighted by Gasteiger charge is 2.27. The molecule has 0 aliphatic carbocycles. The Hall–Kier alpha value is -2.67. The molecule has 1 fully saturated rings. The summed E-state index contributed by atoms with van der Waals surface area (Å²) in [5.74, 6) is 1.52. The Balaban J connectivity index is 1.58.